The number of aromatic nitrogens is 4. The van der Waals surface area contributed by atoms with Crippen LogP contribution in [0.25, 0.3) is 5.65 Å². The average Bonchev–Trinajstić information content (AvgIpc) is 3.27. The maximum atomic E-state index is 13.1. The van der Waals surface area contributed by atoms with E-state index in [1.54, 1.807) is 12.4 Å². The van der Waals surface area contributed by atoms with Gasteiger partial charge in [0.15, 0.2) is 0 Å². The quantitative estimate of drug-likeness (QED) is 0.782. The summed E-state index contributed by atoms with van der Waals surface area (Å²) in [6.07, 6.45) is 7.64. The van der Waals surface area contributed by atoms with Gasteiger partial charge in [0.1, 0.15) is 11.5 Å². The lowest BCUT2D eigenvalue weighted by molar-refractivity contribution is -0.131. The third kappa shape index (κ3) is 2.89. The molecule has 1 fully saturated rings. The number of hydrogen-bond donors (Lipinski definition) is 1. The van der Waals surface area contributed by atoms with Gasteiger partial charge in [-0.15, -0.1) is 0 Å². The number of nitrogens with zero attached hydrogens (tertiary/aromatic N) is 5. The van der Waals surface area contributed by atoms with E-state index in [9.17, 15) is 4.79 Å². The van der Waals surface area contributed by atoms with E-state index in [0.717, 1.165) is 47.9 Å². The first-order valence-corrected chi connectivity index (χ1v) is 8.89. The molecule has 26 heavy (non-hydrogen) atoms. The van der Waals surface area contributed by atoms with E-state index >= 15 is 0 Å². The Morgan fingerprint density at radius 1 is 1.31 bits per heavy atom. The van der Waals surface area contributed by atoms with Crippen LogP contribution >= 0.6 is 0 Å². The van der Waals surface area contributed by atoms with Crippen LogP contribution in [0.1, 0.15) is 36.0 Å². The molecule has 3 aromatic rings. The molecule has 7 heteroatoms. The zero-order chi connectivity index (χ0) is 18.1. The molecule has 1 aliphatic heterocycles. The average molecular weight is 350 g/mol. The number of anilines is 1. The van der Waals surface area contributed by atoms with Gasteiger partial charge in [0.25, 0.3) is 0 Å². The van der Waals surface area contributed by atoms with E-state index < -0.39 is 0 Å². The number of aryl methyl sites for hydroxylation is 1. The molecule has 0 unspecified atom stereocenters. The number of carbonyl (C=O) groups is 1. The van der Waals surface area contributed by atoms with Crippen LogP contribution in [0.2, 0.25) is 0 Å². The van der Waals surface area contributed by atoms with Crippen LogP contribution in [-0.4, -0.2) is 43.8 Å². The predicted octanol–water partition coefficient (Wildman–Crippen LogP) is 2.38. The van der Waals surface area contributed by atoms with E-state index in [2.05, 4.69) is 20.3 Å². The van der Waals surface area contributed by atoms with Crippen molar-refractivity contribution in [2.24, 2.45) is 0 Å². The summed E-state index contributed by atoms with van der Waals surface area (Å²) in [4.78, 5) is 28.4. The molecule has 0 spiro atoms. The minimum atomic E-state index is -0.0113. The molecule has 4 rings (SSSR count). The Hall–Kier alpha value is -2.96. The van der Waals surface area contributed by atoms with Crippen LogP contribution in [0, 0.1) is 6.92 Å². The number of rotatable bonds is 4. The van der Waals surface area contributed by atoms with Gasteiger partial charge in [0, 0.05) is 19.8 Å². The Morgan fingerprint density at radius 2 is 2.19 bits per heavy atom. The summed E-state index contributed by atoms with van der Waals surface area (Å²) in [6.45, 7) is 2.71. The van der Waals surface area contributed by atoms with E-state index in [4.69, 9.17) is 0 Å². The van der Waals surface area contributed by atoms with E-state index in [1.807, 2.05) is 47.7 Å². The third-order valence-corrected chi connectivity index (χ3v) is 4.97. The van der Waals surface area contributed by atoms with Crippen molar-refractivity contribution in [3.05, 3.63) is 53.9 Å². The van der Waals surface area contributed by atoms with Crippen molar-refractivity contribution in [2.45, 2.75) is 32.2 Å². The molecule has 1 amide bonds. The number of amides is 1. The van der Waals surface area contributed by atoms with Crippen LogP contribution in [0.3, 0.4) is 0 Å². The Bertz CT molecular complexity index is 950. The Balaban J connectivity index is 1.59. The predicted molar refractivity (Wildman–Crippen MR) is 98.9 cm³/mol. The van der Waals surface area contributed by atoms with E-state index in [-0.39, 0.29) is 11.9 Å². The third-order valence-electron chi connectivity index (χ3n) is 4.97. The Kier molecular flexibility index (Phi) is 4.28. The minimum absolute atomic E-state index is 0.0113. The topological polar surface area (TPSA) is 75.4 Å². The molecule has 1 atom stereocenters. The summed E-state index contributed by atoms with van der Waals surface area (Å²) in [7, 11) is 1.82. The van der Waals surface area contributed by atoms with Gasteiger partial charge in [-0.2, -0.15) is 0 Å². The van der Waals surface area contributed by atoms with Crippen molar-refractivity contribution in [1.29, 1.82) is 0 Å². The maximum Gasteiger partial charge on any atom is 0.229 e. The Labute approximate surface area is 152 Å². The molecule has 134 valence electrons. The van der Waals surface area contributed by atoms with Gasteiger partial charge >= 0.3 is 0 Å². The van der Waals surface area contributed by atoms with Gasteiger partial charge in [0.05, 0.1) is 41.9 Å². The molecular weight excluding hydrogens is 328 g/mol. The second-order valence-corrected chi connectivity index (χ2v) is 6.57. The van der Waals surface area contributed by atoms with E-state index in [1.165, 1.54) is 0 Å². The van der Waals surface area contributed by atoms with Gasteiger partial charge < -0.3 is 14.6 Å². The first-order chi connectivity index (χ1) is 12.7. The highest BCUT2D eigenvalue weighted by Crippen LogP contribution is 2.31. The Morgan fingerprint density at radius 3 is 3.04 bits per heavy atom. The lowest BCUT2D eigenvalue weighted by Crippen LogP contribution is -2.32. The highest BCUT2D eigenvalue weighted by Gasteiger charge is 2.32. The van der Waals surface area contributed by atoms with Gasteiger partial charge in [-0.05, 0) is 31.9 Å². The molecule has 1 saturated heterocycles. The normalized spacial score (nSPS) is 17.0. The maximum absolute atomic E-state index is 13.1. The first kappa shape index (κ1) is 16.5. The molecule has 0 radical (unpaired) electrons. The summed E-state index contributed by atoms with van der Waals surface area (Å²) in [5.41, 5.74) is 3.57. The lowest BCUT2D eigenvalue weighted by atomic mass is 10.1. The summed E-state index contributed by atoms with van der Waals surface area (Å²) in [5.74, 6) is 0.831. The fraction of sp³-hybridized carbons (Fsp3) is 0.368. The highest BCUT2D eigenvalue weighted by atomic mass is 16.2. The van der Waals surface area contributed by atoms with Gasteiger partial charge in [-0.1, -0.05) is 6.07 Å². The second kappa shape index (κ2) is 6.74. The summed E-state index contributed by atoms with van der Waals surface area (Å²) in [5, 5.41) is 3.01. The molecule has 7 nitrogen and oxygen atoms in total. The number of carbonyl (C=O) groups excluding carboxylic acids is 1. The van der Waals surface area contributed by atoms with Crippen LogP contribution < -0.4 is 5.32 Å². The number of likely N-dealkylation sites (tertiary alicyclic amines) is 1. The molecule has 0 aromatic carbocycles. The van der Waals surface area contributed by atoms with Crippen LogP contribution in [-0.2, 0) is 11.2 Å². The molecule has 0 saturated carbocycles. The van der Waals surface area contributed by atoms with Gasteiger partial charge in [-0.25, -0.2) is 9.97 Å². The zero-order valence-electron chi connectivity index (χ0n) is 15.0. The van der Waals surface area contributed by atoms with Crippen molar-refractivity contribution in [3.8, 4) is 0 Å². The van der Waals surface area contributed by atoms with Crippen LogP contribution in [0.15, 0.2) is 36.8 Å². The van der Waals surface area contributed by atoms with Crippen molar-refractivity contribution >= 4 is 17.4 Å². The van der Waals surface area contributed by atoms with Crippen molar-refractivity contribution < 1.29 is 4.79 Å². The molecule has 0 bridgehead atoms. The minimum Gasteiger partial charge on any atom is -0.372 e. The van der Waals surface area contributed by atoms with Crippen molar-refractivity contribution in [3.63, 3.8) is 0 Å². The van der Waals surface area contributed by atoms with E-state index in [0.29, 0.717) is 6.42 Å². The fourth-order valence-electron chi connectivity index (χ4n) is 3.66. The smallest absolute Gasteiger partial charge is 0.229 e. The largest absolute Gasteiger partial charge is 0.372 e. The number of nitrogens with one attached hydrogen (secondary N) is 1. The highest BCUT2D eigenvalue weighted by molar-refractivity contribution is 5.79. The van der Waals surface area contributed by atoms with Crippen molar-refractivity contribution in [2.75, 3.05) is 18.9 Å². The molecule has 1 aliphatic rings. The monoisotopic (exact) mass is 350 g/mol. The van der Waals surface area contributed by atoms with Gasteiger partial charge in [-0.3, -0.25) is 9.78 Å². The molecular formula is C19H22N6O. The number of fused-ring (bicyclic) bond motifs is 1. The fourth-order valence-corrected chi connectivity index (χ4v) is 3.66. The van der Waals surface area contributed by atoms with Crippen LogP contribution in [0.5, 0.6) is 0 Å². The van der Waals surface area contributed by atoms with Crippen molar-refractivity contribution in [1.82, 2.24) is 24.3 Å². The van der Waals surface area contributed by atoms with Crippen LogP contribution in [0.4, 0.5) is 5.82 Å². The molecule has 1 N–H and O–H groups in total. The second-order valence-electron chi connectivity index (χ2n) is 6.57. The number of imidazole rings is 1. The molecule has 3 aromatic heterocycles. The number of hydrogen-bond acceptors (Lipinski definition) is 5. The summed E-state index contributed by atoms with van der Waals surface area (Å²) < 4.78 is 2.00. The standard InChI is InChI=1S/C19H22N6O/c1-13-16(24-8-4-3-7-18(24)22-13)10-19(26)25-9-5-6-15(25)14-11-21-12-17(20-2)23-14/h3-4,7-8,11-12,15H,5-6,9-10H2,1-2H3,(H,20,23)/t15-/m0/s1. The number of pyridine rings is 1. The zero-order valence-corrected chi connectivity index (χ0v) is 15.0. The summed E-state index contributed by atoms with van der Waals surface area (Å²) >= 11 is 0. The molecule has 0 aliphatic carbocycles. The first-order valence-electron chi connectivity index (χ1n) is 8.89. The lowest BCUT2D eigenvalue weighted by Gasteiger charge is -2.24. The SMILES string of the molecule is CNc1cncc([C@@H]2CCCN2C(=O)Cc2c(C)nc3ccccn23)n1. The van der Waals surface area contributed by atoms with Gasteiger partial charge in [0.2, 0.25) is 5.91 Å². The molecule has 4 heterocycles. The summed E-state index contributed by atoms with van der Waals surface area (Å²) in [6, 6.07) is 5.86.